The number of rotatable bonds is 2. The van der Waals surface area contributed by atoms with E-state index in [4.69, 9.17) is 0 Å². The van der Waals surface area contributed by atoms with Crippen LogP contribution in [-0.4, -0.2) is 30.6 Å². The smallest absolute Gasteiger partial charge is 0.0264 e. The van der Waals surface area contributed by atoms with Gasteiger partial charge in [0.25, 0.3) is 0 Å². The second-order valence-corrected chi connectivity index (χ2v) is 4.73. The van der Waals surface area contributed by atoms with Crippen LogP contribution in [0.3, 0.4) is 0 Å². The number of hydrogen-bond donors (Lipinski definition) is 1. The quantitative estimate of drug-likeness (QED) is 0.847. The van der Waals surface area contributed by atoms with Crippen LogP contribution in [0.5, 0.6) is 0 Å². The summed E-state index contributed by atoms with van der Waals surface area (Å²) in [5.74, 6) is 0.911. The normalized spacial score (nSPS) is 28.8. The van der Waals surface area contributed by atoms with E-state index in [-0.39, 0.29) is 12.4 Å². The monoisotopic (exact) mass is 238 g/mol. The van der Waals surface area contributed by atoms with Gasteiger partial charge in [0.2, 0.25) is 0 Å². The van der Waals surface area contributed by atoms with E-state index in [1.165, 1.54) is 31.6 Å². The van der Waals surface area contributed by atoms with Gasteiger partial charge in [0.15, 0.2) is 0 Å². The Balaban J connectivity index is 0.000000963. The van der Waals surface area contributed by atoms with Crippen molar-refractivity contribution in [3.63, 3.8) is 0 Å². The van der Waals surface area contributed by atoms with Gasteiger partial charge in [-0.25, -0.2) is 0 Å². The second kappa shape index (κ2) is 5.17. The zero-order valence-corrected chi connectivity index (χ0v) is 10.2. The van der Waals surface area contributed by atoms with Gasteiger partial charge in [-0.1, -0.05) is 30.3 Å². The molecule has 3 heteroatoms. The maximum atomic E-state index is 3.50. The van der Waals surface area contributed by atoms with Crippen LogP contribution in [0.15, 0.2) is 30.3 Å². The lowest BCUT2D eigenvalue weighted by atomic mass is 10.1. The first kappa shape index (κ1) is 11.9. The first-order chi connectivity index (χ1) is 7.43. The van der Waals surface area contributed by atoms with Crippen molar-refractivity contribution in [3.8, 4) is 0 Å². The molecule has 2 heterocycles. The van der Waals surface area contributed by atoms with Crippen LogP contribution in [0.2, 0.25) is 0 Å². The van der Waals surface area contributed by atoms with Gasteiger partial charge in [0, 0.05) is 19.1 Å². The Kier molecular flexibility index (Phi) is 3.85. The molecule has 2 saturated heterocycles. The van der Waals surface area contributed by atoms with E-state index in [2.05, 4.69) is 40.5 Å². The summed E-state index contributed by atoms with van der Waals surface area (Å²) in [6.45, 7) is 4.84. The summed E-state index contributed by atoms with van der Waals surface area (Å²) in [7, 11) is 0. The highest BCUT2D eigenvalue weighted by Crippen LogP contribution is 2.28. The van der Waals surface area contributed by atoms with Crippen LogP contribution < -0.4 is 5.32 Å². The molecule has 88 valence electrons. The molecule has 1 aromatic rings. The largest absolute Gasteiger partial charge is 0.315 e. The molecule has 0 bridgehead atoms. The fourth-order valence-electron chi connectivity index (χ4n) is 2.95. The van der Waals surface area contributed by atoms with Gasteiger partial charge >= 0.3 is 0 Å². The van der Waals surface area contributed by atoms with E-state index in [9.17, 15) is 0 Å². The molecule has 0 aromatic heterocycles. The molecule has 3 rings (SSSR count). The molecule has 2 fully saturated rings. The molecule has 16 heavy (non-hydrogen) atoms. The lowest BCUT2D eigenvalue weighted by molar-refractivity contribution is 0.244. The molecule has 1 aromatic carbocycles. The predicted octanol–water partition coefficient (Wildman–Crippen LogP) is 1.90. The number of nitrogens with zero attached hydrogens (tertiary/aromatic N) is 1. The van der Waals surface area contributed by atoms with Crippen LogP contribution in [0.25, 0.3) is 0 Å². The van der Waals surface area contributed by atoms with Crippen LogP contribution >= 0.6 is 12.4 Å². The Morgan fingerprint density at radius 1 is 1.19 bits per heavy atom. The molecule has 2 aliphatic rings. The Morgan fingerprint density at radius 2 is 2.00 bits per heavy atom. The van der Waals surface area contributed by atoms with Gasteiger partial charge in [-0.3, -0.25) is 4.90 Å². The SMILES string of the molecule is Cl.c1ccc(CN2CCC3CNCC32)cc1. The summed E-state index contributed by atoms with van der Waals surface area (Å²) in [5, 5.41) is 3.50. The third-order valence-corrected chi connectivity index (χ3v) is 3.79. The lowest BCUT2D eigenvalue weighted by Crippen LogP contribution is -2.33. The lowest BCUT2D eigenvalue weighted by Gasteiger charge is -2.22. The van der Waals surface area contributed by atoms with E-state index in [1.807, 2.05) is 0 Å². The fraction of sp³-hybridized carbons (Fsp3) is 0.538. The maximum Gasteiger partial charge on any atom is 0.0264 e. The Bertz CT molecular complexity index is 328. The molecule has 2 aliphatic heterocycles. The number of halogens is 1. The molecule has 0 spiro atoms. The van der Waals surface area contributed by atoms with Gasteiger partial charge in [-0.2, -0.15) is 0 Å². The summed E-state index contributed by atoms with van der Waals surface area (Å²) in [5.41, 5.74) is 1.45. The van der Waals surface area contributed by atoms with E-state index in [1.54, 1.807) is 0 Å². The van der Waals surface area contributed by atoms with Gasteiger partial charge in [-0.15, -0.1) is 12.4 Å². The van der Waals surface area contributed by atoms with Crippen molar-refractivity contribution in [2.75, 3.05) is 19.6 Å². The van der Waals surface area contributed by atoms with Crippen molar-refractivity contribution in [2.45, 2.75) is 19.0 Å². The number of fused-ring (bicyclic) bond motifs is 1. The average Bonchev–Trinajstić information content (AvgIpc) is 2.85. The molecule has 2 unspecified atom stereocenters. The van der Waals surface area contributed by atoms with Gasteiger partial charge in [-0.05, 0) is 31.0 Å². The van der Waals surface area contributed by atoms with Crippen LogP contribution in [0.4, 0.5) is 0 Å². The fourth-order valence-corrected chi connectivity index (χ4v) is 2.95. The minimum Gasteiger partial charge on any atom is -0.315 e. The highest BCUT2D eigenvalue weighted by Gasteiger charge is 2.36. The number of hydrogen-bond acceptors (Lipinski definition) is 2. The number of likely N-dealkylation sites (tertiary alicyclic amines) is 1. The van der Waals surface area contributed by atoms with Gasteiger partial charge in [0.05, 0.1) is 0 Å². The van der Waals surface area contributed by atoms with Crippen LogP contribution in [0, 0.1) is 5.92 Å². The van der Waals surface area contributed by atoms with Crippen molar-refractivity contribution in [3.05, 3.63) is 35.9 Å². The molecule has 0 saturated carbocycles. The third kappa shape index (κ3) is 2.24. The Morgan fingerprint density at radius 3 is 2.81 bits per heavy atom. The van der Waals surface area contributed by atoms with Crippen LogP contribution in [0.1, 0.15) is 12.0 Å². The highest BCUT2D eigenvalue weighted by atomic mass is 35.5. The van der Waals surface area contributed by atoms with Crippen LogP contribution in [-0.2, 0) is 6.54 Å². The number of nitrogens with one attached hydrogen (secondary N) is 1. The van der Waals surface area contributed by atoms with E-state index >= 15 is 0 Å². The minimum atomic E-state index is 0. The molecular weight excluding hydrogens is 220 g/mol. The zero-order chi connectivity index (χ0) is 10.1. The highest BCUT2D eigenvalue weighted by molar-refractivity contribution is 5.85. The van der Waals surface area contributed by atoms with Crippen molar-refractivity contribution in [1.82, 2.24) is 10.2 Å². The summed E-state index contributed by atoms with van der Waals surface area (Å²) in [4.78, 5) is 2.64. The molecule has 0 radical (unpaired) electrons. The molecular formula is C13H19ClN2. The Hall–Kier alpha value is -0.570. The van der Waals surface area contributed by atoms with Gasteiger partial charge < -0.3 is 5.32 Å². The van der Waals surface area contributed by atoms with E-state index in [0.717, 1.165) is 18.5 Å². The predicted molar refractivity (Wildman–Crippen MR) is 68.9 cm³/mol. The first-order valence-corrected chi connectivity index (χ1v) is 5.92. The van der Waals surface area contributed by atoms with Crippen molar-refractivity contribution < 1.29 is 0 Å². The summed E-state index contributed by atoms with van der Waals surface area (Å²) in [6, 6.07) is 11.6. The minimum absolute atomic E-state index is 0. The van der Waals surface area contributed by atoms with Crippen molar-refractivity contribution in [1.29, 1.82) is 0 Å². The zero-order valence-electron chi connectivity index (χ0n) is 9.43. The van der Waals surface area contributed by atoms with Crippen molar-refractivity contribution >= 4 is 12.4 Å². The molecule has 2 nitrogen and oxygen atoms in total. The van der Waals surface area contributed by atoms with Gasteiger partial charge in [0.1, 0.15) is 0 Å². The standard InChI is InChI=1S/C13H18N2.ClH/c1-2-4-11(5-3-1)10-15-7-6-12-8-14-9-13(12)15;/h1-5,12-14H,6-10H2;1H. The van der Waals surface area contributed by atoms with E-state index in [0.29, 0.717) is 0 Å². The maximum absolute atomic E-state index is 3.50. The summed E-state index contributed by atoms with van der Waals surface area (Å²) in [6.07, 6.45) is 1.38. The Labute approximate surface area is 103 Å². The molecule has 1 N–H and O–H groups in total. The molecule has 2 atom stereocenters. The first-order valence-electron chi connectivity index (χ1n) is 5.92. The molecule has 0 aliphatic carbocycles. The number of benzene rings is 1. The van der Waals surface area contributed by atoms with E-state index < -0.39 is 0 Å². The summed E-state index contributed by atoms with van der Waals surface area (Å²) >= 11 is 0. The molecule has 0 amide bonds. The summed E-state index contributed by atoms with van der Waals surface area (Å²) < 4.78 is 0. The topological polar surface area (TPSA) is 15.3 Å². The van der Waals surface area contributed by atoms with Crippen molar-refractivity contribution in [2.24, 2.45) is 5.92 Å². The second-order valence-electron chi connectivity index (χ2n) is 4.73. The third-order valence-electron chi connectivity index (χ3n) is 3.79. The average molecular weight is 239 g/mol.